The van der Waals surface area contributed by atoms with Crippen LogP contribution in [0, 0.1) is 0 Å². The summed E-state index contributed by atoms with van der Waals surface area (Å²) in [5.41, 5.74) is 0. The van der Waals surface area contributed by atoms with Crippen LogP contribution in [-0.4, -0.2) is 37.2 Å². The van der Waals surface area contributed by atoms with E-state index in [4.69, 9.17) is 14.2 Å². The highest BCUT2D eigenvalue weighted by Gasteiger charge is 2.19. The van der Waals surface area contributed by atoms with Crippen LogP contribution in [0.2, 0.25) is 0 Å². The Kier molecular flexibility index (Phi) is 68.2. The zero-order valence-corrected chi connectivity index (χ0v) is 55.2. The first kappa shape index (κ1) is 79.6. The fraction of sp³-hybridized carbons (Fsp3) is 0.779. The van der Waals surface area contributed by atoms with Gasteiger partial charge in [0.25, 0.3) is 0 Å². The molecule has 0 aliphatic heterocycles. The first-order valence-electron chi connectivity index (χ1n) is 36.1. The van der Waals surface area contributed by atoms with Crippen LogP contribution in [0.15, 0.2) is 85.1 Å². The van der Waals surface area contributed by atoms with Crippen LogP contribution < -0.4 is 0 Å². The molecule has 0 rings (SSSR count). The third-order valence-electron chi connectivity index (χ3n) is 15.9. The molecule has 0 heterocycles. The maximum atomic E-state index is 12.9. The Morgan fingerprint density at radius 3 is 0.759 bits per heavy atom. The van der Waals surface area contributed by atoms with Gasteiger partial charge in [-0.05, 0) is 96.3 Å². The van der Waals surface area contributed by atoms with E-state index in [1.807, 2.05) is 0 Å². The van der Waals surface area contributed by atoms with Gasteiger partial charge >= 0.3 is 17.9 Å². The molecule has 0 aliphatic rings. The molecule has 0 aromatic carbocycles. The van der Waals surface area contributed by atoms with Gasteiger partial charge in [-0.15, -0.1) is 0 Å². The molecular formula is C77H136O6. The molecule has 6 heteroatoms. The lowest BCUT2D eigenvalue weighted by atomic mass is 10.0. The highest BCUT2D eigenvalue weighted by molar-refractivity contribution is 5.71. The lowest BCUT2D eigenvalue weighted by Gasteiger charge is -2.18. The van der Waals surface area contributed by atoms with E-state index in [1.165, 1.54) is 218 Å². The summed E-state index contributed by atoms with van der Waals surface area (Å²) >= 11 is 0. The van der Waals surface area contributed by atoms with Gasteiger partial charge in [0.2, 0.25) is 0 Å². The van der Waals surface area contributed by atoms with Crippen LogP contribution in [0.4, 0.5) is 0 Å². The van der Waals surface area contributed by atoms with Gasteiger partial charge in [0, 0.05) is 19.3 Å². The fourth-order valence-electron chi connectivity index (χ4n) is 10.5. The second kappa shape index (κ2) is 71.1. The van der Waals surface area contributed by atoms with Crippen molar-refractivity contribution in [3.05, 3.63) is 85.1 Å². The molecule has 1 atom stereocenters. The molecule has 0 aliphatic carbocycles. The van der Waals surface area contributed by atoms with E-state index in [1.54, 1.807) is 0 Å². The average Bonchev–Trinajstić information content (AvgIpc) is 3.49. The number of allylic oxidation sites excluding steroid dienone is 14. The van der Waals surface area contributed by atoms with E-state index < -0.39 is 6.10 Å². The summed E-state index contributed by atoms with van der Waals surface area (Å²) in [6.07, 6.45) is 94.7. The highest BCUT2D eigenvalue weighted by Crippen LogP contribution is 2.18. The second-order valence-corrected chi connectivity index (χ2v) is 24.1. The summed E-state index contributed by atoms with van der Waals surface area (Å²) in [5, 5.41) is 0. The molecule has 0 saturated carbocycles. The van der Waals surface area contributed by atoms with E-state index in [2.05, 4.69) is 106 Å². The van der Waals surface area contributed by atoms with Crippen LogP contribution in [-0.2, 0) is 28.6 Å². The van der Waals surface area contributed by atoms with E-state index >= 15 is 0 Å². The summed E-state index contributed by atoms with van der Waals surface area (Å²) in [6, 6.07) is 0. The minimum absolute atomic E-state index is 0.0762. The standard InChI is InChI=1S/C77H136O6/c1-4-7-10-13-16-19-22-25-28-30-32-33-34-35-36-37-38-39-40-41-42-43-45-46-49-52-55-58-61-64-67-70-76(79)82-73-74(72-81-75(78)69-66-63-60-57-54-51-48-27-24-21-18-15-12-9-6-3)83-77(80)71-68-65-62-59-56-53-50-47-44-31-29-26-23-20-17-14-11-8-5-2/h7,10,16-17,19-20,25-26,28-29,32-33,44,47,74H,4-6,8-9,11-15,18,21-24,27,30-31,34-43,45-46,48-73H2,1-3H3/b10-7-,19-16-,20-17-,28-25-,29-26-,33-32-,47-44-. The highest BCUT2D eigenvalue weighted by atomic mass is 16.6. The van der Waals surface area contributed by atoms with Crippen molar-refractivity contribution >= 4 is 17.9 Å². The zero-order chi connectivity index (χ0) is 59.9. The molecule has 0 aromatic rings. The molecular weight excluding hydrogens is 1020 g/mol. The van der Waals surface area contributed by atoms with Crippen LogP contribution in [0.1, 0.15) is 367 Å². The molecule has 0 bridgehead atoms. The third-order valence-corrected chi connectivity index (χ3v) is 15.9. The Bertz CT molecular complexity index is 1570. The van der Waals surface area contributed by atoms with Gasteiger partial charge in [-0.2, -0.15) is 0 Å². The van der Waals surface area contributed by atoms with Crippen molar-refractivity contribution < 1.29 is 28.6 Å². The summed E-state index contributed by atoms with van der Waals surface area (Å²) in [4.78, 5) is 38.5. The minimum atomic E-state index is -0.782. The molecule has 0 aromatic heterocycles. The number of hydrogen-bond acceptors (Lipinski definition) is 6. The number of hydrogen-bond donors (Lipinski definition) is 0. The lowest BCUT2D eigenvalue weighted by Crippen LogP contribution is -2.30. The molecule has 1 unspecified atom stereocenters. The average molecular weight is 1160 g/mol. The number of esters is 3. The van der Waals surface area contributed by atoms with E-state index in [9.17, 15) is 14.4 Å². The lowest BCUT2D eigenvalue weighted by molar-refractivity contribution is -0.167. The SMILES string of the molecule is CC/C=C\C/C=C\C/C=C\C/C=C\CCCCCCCCCCCCCCCCCCCCC(=O)OCC(COC(=O)CCCCCCCCCCCCCCCCC)OC(=O)CCCCCCCC/C=C\C/C=C\C/C=C\CCCCC. The molecule has 0 N–H and O–H groups in total. The second-order valence-electron chi connectivity index (χ2n) is 24.1. The molecule has 0 radical (unpaired) electrons. The molecule has 0 fully saturated rings. The van der Waals surface area contributed by atoms with Crippen LogP contribution in [0.5, 0.6) is 0 Å². The fourth-order valence-corrected chi connectivity index (χ4v) is 10.5. The van der Waals surface area contributed by atoms with Crippen molar-refractivity contribution in [2.45, 2.75) is 374 Å². The number of carbonyl (C=O) groups excluding carboxylic acids is 3. The Balaban J connectivity index is 4.24. The summed E-state index contributed by atoms with van der Waals surface area (Å²) < 4.78 is 17.0. The summed E-state index contributed by atoms with van der Waals surface area (Å²) in [7, 11) is 0. The van der Waals surface area contributed by atoms with E-state index in [0.717, 1.165) is 109 Å². The Labute approximate surface area is 515 Å². The predicted octanol–water partition coefficient (Wildman–Crippen LogP) is 25.0. The van der Waals surface area contributed by atoms with Crippen molar-refractivity contribution in [1.29, 1.82) is 0 Å². The van der Waals surface area contributed by atoms with Gasteiger partial charge in [0.05, 0.1) is 0 Å². The van der Waals surface area contributed by atoms with Gasteiger partial charge < -0.3 is 14.2 Å². The normalized spacial score (nSPS) is 12.6. The van der Waals surface area contributed by atoms with Crippen molar-refractivity contribution in [3.8, 4) is 0 Å². The smallest absolute Gasteiger partial charge is 0.306 e. The van der Waals surface area contributed by atoms with Gasteiger partial charge in [0.1, 0.15) is 13.2 Å². The quantitative estimate of drug-likeness (QED) is 0.0261. The summed E-state index contributed by atoms with van der Waals surface area (Å²) in [5.74, 6) is -0.866. The van der Waals surface area contributed by atoms with Gasteiger partial charge in [-0.1, -0.05) is 337 Å². The van der Waals surface area contributed by atoms with Crippen LogP contribution in [0.25, 0.3) is 0 Å². The van der Waals surface area contributed by atoms with Crippen LogP contribution in [0.3, 0.4) is 0 Å². The topological polar surface area (TPSA) is 78.9 Å². The minimum Gasteiger partial charge on any atom is -0.462 e. The maximum Gasteiger partial charge on any atom is 0.306 e. The van der Waals surface area contributed by atoms with Gasteiger partial charge in [0.15, 0.2) is 6.10 Å². The number of carbonyl (C=O) groups is 3. The Morgan fingerprint density at radius 2 is 0.470 bits per heavy atom. The van der Waals surface area contributed by atoms with E-state index in [0.29, 0.717) is 19.3 Å². The summed E-state index contributed by atoms with van der Waals surface area (Å²) in [6.45, 7) is 6.55. The molecule has 0 amide bonds. The molecule has 6 nitrogen and oxygen atoms in total. The van der Waals surface area contributed by atoms with Gasteiger partial charge in [-0.25, -0.2) is 0 Å². The monoisotopic (exact) mass is 1160 g/mol. The van der Waals surface area contributed by atoms with Gasteiger partial charge in [-0.3, -0.25) is 14.4 Å². The Hall–Kier alpha value is -3.41. The van der Waals surface area contributed by atoms with Crippen LogP contribution >= 0.6 is 0 Å². The van der Waals surface area contributed by atoms with Crippen molar-refractivity contribution in [3.63, 3.8) is 0 Å². The first-order chi connectivity index (χ1) is 41.0. The number of unbranched alkanes of at least 4 members (excludes halogenated alkanes) is 41. The van der Waals surface area contributed by atoms with E-state index in [-0.39, 0.29) is 31.1 Å². The van der Waals surface area contributed by atoms with Crippen molar-refractivity contribution in [1.82, 2.24) is 0 Å². The largest absolute Gasteiger partial charge is 0.462 e. The molecule has 0 saturated heterocycles. The van der Waals surface area contributed by atoms with Crippen molar-refractivity contribution in [2.24, 2.45) is 0 Å². The zero-order valence-electron chi connectivity index (χ0n) is 55.2. The molecule has 480 valence electrons. The third kappa shape index (κ3) is 69.3. The number of rotatable bonds is 66. The van der Waals surface area contributed by atoms with Crippen molar-refractivity contribution in [2.75, 3.05) is 13.2 Å². The number of ether oxygens (including phenoxy) is 3. The Morgan fingerprint density at radius 1 is 0.253 bits per heavy atom. The predicted molar refractivity (Wildman–Crippen MR) is 362 cm³/mol. The molecule has 83 heavy (non-hydrogen) atoms. The first-order valence-corrected chi connectivity index (χ1v) is 36.1. The molecule has 0 spiro atoms. The maximum absolute atomic E-state index is 12.9.